The van der Waals surface area contributed by atoms with E-state index in [0.717, 1.165) is 83.5 Å². The summed E-state index contributed by atoms with van der Waals surface area (Å²) < 4.78 is 5.44. The minimum atomic E-state index is -0.675. The van der Waals surface area contributed by atoms with Crippen LogP contribution in [0.25, 0.3) is 0 Å². The molecule has 0 fully saturated rings. The van der Waals surface area contributed by atoms with Crippen molar-refractivity contribution in [3.63, 3.8) is 0 Å². The minimum Gasteiger partial charge on any atom is -0.466 e. The maximum absolute atomic E-state index is 12.5. The Labute approximate surface area is 398 Å². The van der Waals surface area contributed by atoms with Gasteiger partial charge in [-0.05, 0) is 89.9 Å². The molecule has 0 saturated heterocycles. The Kier molecular flexibility index (Phi) is 52.1. The molecule has 0 rings (SSSR count). The molecule has 0 aromatic heterocycles. The third-order valence-electron chi connectivity index (χ3n) is 12.9. The van der Waals surface area contributed by atoms with Gasteiger partial charge in [0, 0.05) is 12.8 Å². The zero-order chi connectivity index (χ0) is 46.5. The highest BCUT2D eigenvalue weighted by atomic mass is 16.5. The molecule has 0 aromatic carbocycles. The molecule has 2 unspecified atom stereocenters. The van der Waals surface area contributed by atoms with Crippen LogP contribution in [-0.4, -0.2) is 47.4 Å². The van der Waals surface area contributed by atoms with Gasteiger partial charge in [0.05, 0.1) is 25.4 Å². The lowest BCUT2D eigenvalue weighted by molar-refractivity contribution is -0.143. The van der Waals surface area contributed by atoms with Gasteiger partial charge in [-0.15, -0.1) is 0 Å². The predicted octanol–water partition coefficient (Wildman–Crippen LogP) is 17.2. The molecule has 376 valence electrons. The van der Waals surface area contributed by atoms with Gasteiger partial charge in [0.15, 0.2) is 0 Å². The van der Waals surface area contributed by atoms with Crippen LogP contribution in [0.4, 0.5) is 0 Å². The number of hydrogen-bond donors (Lipinski definition) is 3. The first-order valence-electron chi connectivity index (χ1n) is 28.2. The summed E-state index contributed by atoms with van der Waals surface area (Å²) in [7, 11) is 0. The molecule has 0 saturated carbocycles. The van der Waals surface area contributed by atoms with E-state index in [0.29, 0.717) is 25.9 Å². The second-order valence-corrected chi connectivity index (χ2v) is 19.3. The van der Waals surface area contributed by atoms with E-state index in [1.807, 2.05) is 0 Å². The van der Waals surface area contributed by atoms with Gasteiger partial charge < -0.3 is 20.3 Å². The largest absolute Gasteiger partial charge is 0.466 e. The molecule has 0 bridgehead atoms. The van der Waals surface area contributed by atoms with Crippen LogP contribution in [0.5, 0.6) is 0 Å². The van der Waals surface area contributed by atoms with Crippen molar-refractivity contribution < 1.29 is 24.5 Å². The van der Waals surface area contributed by atoms with E-state index in [2.05, 4.69) is 55.6 Å². The number of aliphatic hydroxyl groups is 2. The summed E-state index contributed by atoms with van der Waals surface area (Å²) in [4.78, 5) is 24.5. The molecule has 6 heteroatoms. The molecule has 0 aliphatic rings. The molecule has 0 radical (unpaired) electrons. The summed E-state index contributed by atoms with van der Waals surface area (Å²) in [6.07, 6.45) is 65.5. The third kappa shape index (κ3) is 49.5. The van der Waals surface area contributed by atoms with Crippen LogP contribution in [0.3, 0.4) is 0 Å². The lowest BCUT2D eigenvalue weighted by Gasteiger charge is -2.22. The van der Waals surface area contributed by atoms with Crippen molar-refractivity contribution in [2.75, 3.05) is 13.2 Å². The Bertz CT molecular complexity index is 1040. The van der Waals surface area contributed by atoms with Crippen molar-refractivity contribution in [1.82, 2.24) is 5.32 Å². The Morgan fingerprint density at radius 2 is 0.781 bits per heavy atom. The zero-order valence-electron chi connectivity index (χ0n) is 42.8. The number of nitrogens with one attached hydrogen (secondary N) is 1. The lowest BCUT2D eigenvalue weighted by Crippen LogP contribution is -2.45. The molecule has 1 amide bonds. The van der Waals surface area contributed by atoms with Gasteiger partial charge in [0.25, 0.3) is 0 Å². The van der Waals surface area contributed by atoms with E-state index in [1.165, 1.54) is 180 Å². The molecule has 0 aromatic rings. The first-order chi connectivity index (χ1) is 31.5. The van der Waals surface area contributed by atoms with Crippen molar-refractivity contribution in [2.24, 2.45) is 0 Å². The number of carbonyl (C=O) groups excluding carboxylic acids is 2. The standard InChI is InChI=1S/C58H109NO5/c1-3-5-7-9-11-13-15-17-19-23-26-30-34-38-42-46-50-56(61)55(54-60)59-57(62)51-47-43-39-35-31-27-24-21-20-22-25-29-33-37-41-45-49-53-64-58(63)52-48-44-40-36-32-28-18-16-14-12-10-8-6-4-2/h16,18,20,22,29,33,55-56,60-61H,3-15,17,19,21,23-28,30-32,34-54H2,1-2H3,(H,59,62)/b18-16-,22-20-,33-29-. The second-order valence-electron chi connectivity index (χ2n) is 19.3. The number of rotatable bonds is 52. The van der Waals surface area contributed by atoms with Gasteiger partial charge in [-0.2, -0.15) is 0 Å². The first-order valence-corrected chi connectivity index (χ1v) is 28.2. The van der Waals surface area contributed by atoms with Crippen LogP contribution in [-0.2, 0) is 14.3 Å². The van der Waals surface area contributed by atoms with Gasteiger partial charge >= 0.3 is 5.97 Å². The van der Waals surface area contributed by atoms with Crippen LogP contribution in [0.1, 0.15) is 296 Å². The second kappa shape index (κ2) is 53.7. The number of ether oxygens (including phenoxy) is 1. The van der Waals surface area contributed by atoms with Crippen molar-refractivity contribution in [3.05, 3.63) is 36.5 Å². The van der Waals surface area contributed by atoms with Crippen LogP contribution in [0.2, 0.25) is 0 Å². The molecule has 6 nitrogen and oxygen atoms in total. The lowest BCUT2D eigenvalue weighted by atomic mass is 10.0. The Hall–Kier alpha value is -1.92. The normalized spacial score (nSPS) is 12.9. The van der Waals surface area contributed by atoms with E-state index >= 15 is 0 Å². The molecule has 0 spiro atoms. The SMILES string of the molecule is CCCCCCC/C=C\CCCCCCCC(=O)OCCCCC/C=C\C/C=C\CCCCCCCCCC(=O)NC(CO)C(O)CCCCCCCCCCCCCCCCCC. The summed E-state index contributed by atoms with van der Waals surface area (Å²) in [5.41, 5.74) is 0. The maximum atomic E-state index is 12.5. The van der Waals surface area contributed by atoms with Gasteiger partial charge in [-0.3, -0.25) is 9.59 Å². The molecular weight excluding hydrogens is 791 g/mol. The Balaban J connectivity index is 3.51. The van der Waals surface area contributed by atoms with Gasteiger partial charge in [0.2, 0.25) is 5.91 Å². The van der Waals surface area contributed by atoms with E-state index in [9.17, 15) is 19.8 Å². The fourth-order valence-electron chi connectivity index (χ4n) is 8.55. The quantitative estimate of drug-likeness (QED) is 0.0321. The van der Waals surface area contributed by atoms with Crippen LogP contribution >= 0.6 is 0 Å². The zero-order valence-corrected chi connectivity index (χ0v) is 42.8. The van der Waals surface area contributed by atoms with Crippen molar-refractivity contribution >= 4 is 11.9 Å². The van der Waals surface area contributed by atoms with Crippen LogP contribution in [0, 0.1) is 0 Å². The van der Waals surface area contributed by atoms with Gasteiger partial charge in [0.1, 0.15) is 0 Å². The van der Waals surface area contributed by atoms with Crippen LogP contribution in [0.15, 0.2) is 36.5 Å². The van der Waals surface area contributed by atoms with Crippen molar-refractivity contribution in [2.45, 2.75) is 309 Å². The fraction of sp³-hybridized carbons (Fsp3) is 0.862. The van der Waals surface area contributed by atoms with Crippen molar-refractivity contribution in [3.8, 4) is 0 Å². The average molecular weight is 901 g/mol. The number of aliphatic hydroxyl groups excluding tert-OH is 2. The van der Waals surface area contributed by atoms with E-state index < -0.39 is 12.1 Å². The predicted molar refractivity (Wildman–Crippen MR) is 278 cm³/mol. The Morgan fingerprint density at radius 1 is 0.438 bits per heavy atom. The molecule has 3 N–H and O–H groups in total. The summed E-state index contributed by atoms with van der Waals surface area (Å²) >= 11 is 0. The summed E-state index contributed by atoms with van der Waals surface area (Å²) in [5.74, 6) is -0.0747. The average Bonchev–Trinajstić information content (AvgIpc) is 3.29. The molecule has 2 atom stereocenters. The molecule has 0 aliphatic heterocycles. The molecule has 0 heterocycles. The molecular formula is C58H109NO5. The Morgan fingerprint density at radius 3 is 1.20 bits per heavy atom. The molecule has 64 heavy (non-hydrogen) atoms. The third-order valence-corrected chi connectivity index (χ3v) is 12.9. The van der Waals surface area contributed by atoms with Gasteiger partial charge in [-0.25, -0.2) is 0 Å². The monoisotopic (exact) mass is 900 g/mol. The number of hydrogen-bond acceptors (Lipinski definition) is 5. The number of esters is 1. The van der Waals surface area contributed by atoms with Crippen LogP contribution < -0.4 is 5.32 Å². The summed E-state index contributed by atoms with van der Waals surface area (Å²) in [5, 5.41) is 23.3. The topological polar surface area (TPSA) is 95.9 Å². The van der Waals surface area contributed by atoms with E-state index in [1.54, 1.807) is 0 Å². The highest BCUT2D eigenvalue weighted by Crippen LogP contribution is 2.16. The van der Waals surface area contributed by atoms with Gasteiger partial charge in [-0.1, -0.05) is 230 Å². The number of unbranched alkanes of at least 4 members (excludes halogenated alkanes) is 35. The smallest absolute Gasteiger partial charge is 0.305 e. The van der Waals surface area contributed by atoms with E-state index in [4.69, 9.17) is 4.74 Å². The van der Waals surface area contributed by atoms with Crippen molar-refractivity contribution in [1.29, 1.82) is 0 Å². The first kappa shape index (κ1) is 62.1. The van der Waals surface area contributed by atoms with E-state index in [-0.39, 0.29) is 18.5 Å². The highest BCUT2D eigenvalue weighted by molar-refractivity contribution is 5.76. The number of allylic oxidation sites excluding steroid dienone is 6. The summed E-state index contributed by atoms with van der Waals surface area (Å²) in [6.45, 7) is 4.90. The number of carbonyl (C=O) groups is 2. The maximum Gasteiger partial charge on any atom is 0.305 e. The highest BCUT2D eigenvalue weighted by Gasteiger charge is 2.20. The summed E-state index contributed by atoms with van der Waals surface area (Å²) in [6, 6.07) is -0.554. The number of amides is 1. The fourth-order valence-corrected chi connectivity index (χ4v) is 8.55. The molecule has 0 aliphatic carbocycles. The minimum absolute atomic E-state index is 0.0241.